The van der Waals surface area contributed by atoms with Crippen LogP contribution in [0.5, 0.6) is 0 Å². The summed E-state index contributed by atoms with van der Waals surface area (Å²) in [5.74, 6) is -0.733. The van der Waals surface area contributed by atoms with Gasteiger partial charge in [0.15, 0.2) is 0 Å². The zero-order valence-corrected chi connectivity index (χ0v) is 15.4. The Balaban J connectivity index is 1.56. The van der Waals surface area contributed by atoms with Gasteiger partial charge in [0.1, 0.15) is 11.5 Å². The van der Waals surface area contributed by atoms with E-state index in [0.717, 1.165) is 17.1 Å². The number of rotatable bonds is 4. The lowest BCUT2D eigenvalue weighted by Gasteiger charge is -2.08. The molecule has 7 heteroatoms. The molecule has 0 saturated carbocycles. The Kier molecular flexibility index (Phi) is 4.49. The number of carbonyl (C=O) groups excluding carboxylic acids is 1. The summed E-state index contributed by atoms with van der Waals surface area (Å²) in [5, 5.41) is 11.4. The molecule has 0 unspecified atom stereocenters. The number of nitrogens with zero attached hydrogens (tertiary/aromatic N) is 4. The molecule has 0 radical (unpaired) electrons. The number of nitrogens with one attached hydrogen (secondary N) is 1. The van der Waals surface area contributed by atoms with E-state index in [1.165, 1.54) is 23.1 Å². The van der Waals surface area contributed by atoms with Crippen LogP contribution in [-0.2, 0) is 0 Å². The fourth-order valence-corrected chi connectivity index (χ4v) is 3.02. The van der Waals surface area contributed by atoms with Crippen LogP contribution in [0.25, 0.3) is 11.4 Å². The Bertz CT molecular complexity index is 1160. The van der Waals surface area contributed by atoms with Gasteiger partial charge in [-0.25, -0.2) is 13.8 Å². The Morgan fingerprint density at radius 3 is 2.64 bits per heavy atom. The van der Waals surface area contributed by atoms with Crippen molar-refractivity contribution in [3.63, 3.8) is 0 Å². The standard InChI is InChI=1S/C21H18FN5O/c1-14-10-15(2)27(25-14)18-7-5-6-17(11-18)24-21(28)16-12-23-26(13-16)20-9-4-3-8-19(20)22/h3-13H,1-2H3,(H,24,28). The number of benzene rings is 2. The lowest BCUT2D eigenvalue weighted by molar-refractivity contribution is 0.102. The van der Waals surface area contributed by atoms with Gasteiger partial charge in [-0.2, -0.15) is 10.2 Å². The summed E-state index contributed by atoms with van der Waals surface area (Å²) in [6.07, 6.45) is 2.91. The van der Waals surface area contributed by atoms with Crippen molar-refractivity contribution >= 4 is 11.6 Å². The molecule has 6 nitrogen and oxygen atoms in total. The van der Waals surface area contributed by atoms with Gasteiger partial charge in [-0.15, -0.1) is 0 Å². The van der Waals surface area contributed by atoms with Crippen molar-refractivity contribution < 1.29 is 9.18 Å². The van der Waals surface area contributed by atoms with Crippen molar-refractivity contribution in [3.05, 3.63) is 89.8 Å². The lowest BCUT2D eigenvalue weighted by atomic mass is 10.2. The summed E-state index contributed by atoms with van der Waals surface area (Å²) in [6.45, 7) is 3.91. The highest BCUT2D eigenvalue weighted by molar-refractivity contribution is 6.04. The number of hydrogen-bond acceptors (Lipinski definition) is 3. The number of aromatic nitrogens is 4. The molecule has 0 aliphatic heterocycles. The minimum Gasteiger partial charge on any atom is -0.322 e. The van der Waals surface area contributed by atoms with Gasteiger partial charge in [0, 0.05) is 17.6 Å². The number of amides is 1. The maximum atomic E-state index is 13.9. The van der Waals surface area contributed by atoms with Crippen LogP contribution in [0.4, 0.5) is 10.1 Å². The minimum atomic E-state index is -0.407. The predicted molar refractivity (Wildman–Crippen MR) is 105 cm³/mol. The second-order valence-electron chi connectivity index (χ2n) is 6.47. The molecule has 0 aliphatic rings. The SMILES string of the molecule is Cc1cc(C)n(-c2cccc(NC(=O)c3cnn(-c4ccccc4F)c3)c2)n1. The fraction of sp³-hybridized carbons (Fsp3) is 0.0952. The molecule has 0 fully saturated rings. The van der Waals surface area contributed by atoms with E-state index in [4.69, 9.17) is 0 Å². The quantitative estimate of drug-likeness (QED) is 0.585. The van der Waals surface area contributed by atoms with Crippen molar-refractivity contribution in [1.82, 2.24) is 19.6 Å². The van der Waals surface area contributed by atoms with Gasteiger partial charge in [0.05, 0.1) is 23.1 Å². The molecule has 0 saturated heterocycles. The van der Waals surface area contributed by atoms with Crippen LogP contribution in [0.15, 0.2) is 67.0 Å². The molecule has 2 aromatic heterocycles. The summed E-state index contributed by atoms with van der Waals surface area (Å²) in [6, 6.07) is 15.7. The second-order valence-corrected chi connectivity index (χ2v) is 6.47. The normalized spacial score (nSPS) is 10.8. The van der Waals surface area contributed by atoms with E-state index < -0.39 is 5.82 Å². The molecular weight excluding hydrogens is 357 g/mol. The van der Waals surface area contributed by atoms with Gasteiger partial charge >= 0.3 is 0 Å². The first kappa shape index (κ1) is 17.7. The Morgan fingerprint density at radius 2 is 1.89 bits per heavy atom. The van der Waals surface area contributed by atoms with Gasteiger partial charge < -0.3 is 5.32 Å². The maximum absolute atomic E-state index is 13.9. The van der Waals surface area contributed by atoms with Crippen molar-refractivity contribution in [2.24, 2.45) is 0 Å². The molecule has 0 bridgehead atoms. The Labute approximate surface area is 161 Å². The van der Waals surface area contributed by atoms with Crippen LogP contribution in [0.1, 0.15) is 21.7 Å². The second kappa shape index (κ2) is 7.11. The first-order valence-electron chi connectivity index (χ1n) is 8.76. The average molecular weight is 375 g/mol. The van der Waals surface area contributed by atoms with Crippen LogP contribution < -0.4 is 5.32 Å². The van der Waals surface area contributed by atoms with Crippen molar-refractivity contribution in [3.8, 4) is 11.4 Å². The first-order chi connectivity index (χ1) is 13.5. The molecule has 0 aliphatic carbocycles. The molecule has 2 aromatic carbocycles. The summed E-state index contributed by atoms with van der Waals surface area (Å²) in [5.41, 5.74) is 4.03. The Hall–Kier alpha value is -3.74. The smallest absolute Gasteiger partial charge is 0.258 e. The molecule has 4 rings (SSSR count). The zero-order valence-electron chi connectivity index (χ0n) is 15.4. The van der Waals surface area contributed by atoms with Crippen molar-refractivity contribution in [2.75, 3.05) is 5.32 Å². The number of hydrogen-bond donors (Lipinski definition) is 1. The highest BCUT2D eigenvalue weighted by Crippen LogP contribution is 2.18. The van der Waals surface area contributed by atoms with E-state index in [2.05, 4.69) is 15.5 Å². The van der Waals surface area contributed by atoms with Crippen LogP contribution in [0.2, 0.25) is 0 Å². The molecule has 140 valence electrons. The first-order valence-corrected chi connectivity index (χ1v) is 8.76. The number of aryl methyl sites for hydroxylation is 2. The molecule has 2 heterocycles. The third-order valence-electron chi connectivity index (χ3n) is 4.30. The molecule has 0 spiro atoms. The molecule has 1 N–H and O–H groups in total. The molecular formula is C21H18FN5O. The third-order valence-corrected chi connectivity index (χ3v) is 4.30. The monoisotopic (exact) mass is 375 g/mol. The van der Waals surface area contributed by atoms with Crippen molar-refractivity contribution in [2.45, 2.75) is 13.8 Å². The van der Waals surface area contributed by atoms with Gasteiger partial charge in [0.25, 0.3) is 5.91 Å². The topological polar surface area (TPSA) is 64.7 Å². The zero-order chi connectivity index (χ0) is 19.7. The van der Waals surface area contributed by atoms with Gasteiger partial charge in [-0.1, -0.05) is 18.2 Å². The van der Waals surface area contributed by atoms with E-state index in [9.17, 15) is 9.18 Å². The summed E-state index contributed by atoms with van der Waals surface area (Å²) < 4.78 is 17.1. The molecule has 28 heavy (non-hydrogen) atoms. The van der Waals surface area contributed by atoms with Gasteiger partial charge in [-0.3, -0.25) is 4.79 Å². The van der Waals surface area contributed by atoms with E-state index in [-0.39, 0.29) is 11.6 Å². The maximum Gasteiger partial charge on any atom is 0.258 e. The summed E-state index contributed by atoms with van der Waals surface area (Å²) in [7, 11) is 0. The van der Waals surface area contributed by atoms with Crippen LogP contribution in [0.3, 0.4) is 0 Å². The van der Waals surface area contributed by atoms with Crippen LogP contribution in [0, 0.1) is 19.7 Å². The summed E-state index contributed by atoms with van der Waals surface area (Å²) >= 11 is 0. The molecule has 1 amide bonds. The van der Waals surface area contributed by atoms with Gasteiger partial charge in [-0.05, 0) is 50.2 Å². The number of para-hydroxylation sites is 1. The van der Waals surface area contributed by atoms with E-state index >= 15 is 0 Å². The molecule has 0 atom stereocenters. The van der Waals surface area contributed by atoms with Crippen LogP contribution >= 0.6 is 0 Å². The summed E-state index contributed by atoms with van der Waals surface area (Å²) in [4.78, 5) is 12.6. The highest BCUT2D eigenvalue weighted by Gasteiger charge is 2.12. The highest BCUT2D eigenvalue weighted by atomic mass is 19.1. The fourth-order valence-electron chi connectivity index (χ4n) is 3.02. The number of anilines is 1. The van der Waals surface area contributed by atoms with E-state index in [1.807, 2.05) is 42.8 Å². The van der Waals surface area contributed by atoms with Gasteiger partial charge in [0.2, 0.25) is 0 Å². The van der Waals surface area contributed by atoms with E-state index in [0.29, 0.717) is 11.3 Å². The number of halogens is 1. The average Bonchev–Trinajstić information content (AvgIpc) is 3.29. The minimum absolute atomic E-state index is 0.285. The predicted octanol–water partition coefficient (Wildman–Crippen LogP) is 4.07. The Morgan fingerprint density at radius 1 is 1.07 bits per heavy atom. The van der Waals surface area contributed by atoms with Crippen LogP contribution in [-0.4, -0.2) is 25.5 Å². The van der Waals surface area contributed by atoms with Crippen molar-refractivity contribution in [1.29, 1.82) is 0 Å². The number of carbonyl (C=O) groups is 1. The third kappa shape index (κ3) is 3.42. The lowest BCUT2D eigenvalue weighted by Crippen LogP contribution is -2.11. The largest absolute Gasteiger partial charge is 0.322 e. The molecule has 4 aromatic rings. The van der Waals surface area contributed by atoms with E-state index in [1.54, 1.807) is 24.3 Å².